The highest BCUT2D eigenvalue weighted by Crippen LogP contribution is 2.58. The molecule has 0 spiro atoms. The average Bonchev–Trinajstić information content (AvgIpc) is 3.93. The van der Waals surface area contributed by atoms with Gasteiger partial charge in [0.15, 0.2) is 0 Å². The molecule has 0 saturated heterocycles. The second-order valence-corrected chi connectivity index (χ2v) is 21.5. The second-order valence-electron chi connectivity index (χ2n) is 21.5. The van der Waals surface area contributed by atoms with Gasteiger partial charge in [0.2, 0.25) is 0 Å². The van der Waals surface area contributed by atoms with Crippen LogP contribution in [0.5, 0.6) is 0 Å². The Balaban J connectivity index is 0.912. The van der Waals surface area contributed by atoms with Crippen LogP contribution in [-0.4, -0.2) is 9.13 Å². The summed E-state index contributed by atoms with van der Waals surface area (Å²) < 4.78 is 4.76. The van der Waals surface area contributed by atoms with E-state index < -0.39 is 0 Å². The first-order valence-electron chi connectivity index (χ1n) is 25.6. The molecule has 73 heavy (non-hydrogen) atoms. The summed E-state index contributed by atoms with van der Waals surface area (Å²) in [5.74, 6) is 0. The molecule has 0 saturated carbocycles. The van der Waals surface area contributed by atoms with Gasteiger partial charge in [-0.05, 0) is 143 Å². The molecule has 0 unspecified atom stereocenters. The van der Waals surface area contributed by atoms with Crippen LogP contribution < -0.4 is 9.80 Å². The lowest BCUT2D eigenvalue weighted by molar-refractivity contribution is 0.0907. The molecular formula is C69H60N4. The van der Waals surface area contributed by atoms with Crippen molar-refractivity contribution in [2.24, 2.45) is 10.8 Å². The van der Waals surface area contributed by atoms with Crippen molar-refractivity contribution in [3.8, 4) is 11.4 Å². The SMILES string of the molecule is CC(C)(C)C(c1ccc(N(c2ccccc2)c2ccc(-n3c4ccccc4c4ccccc43)cc2)cc1)(c1ccc(N(c2ccccc2)c2ccc(-n3c4ccccc4c4ccccc43)cc2)cc1)C(C)(C)C. The van der Waals surface area contributed by atoms with Crippen molar-refractivity contribution in [1.82, 2.24) is 9.13 Å². The lowest BCUT2D eigenvalue weighted by Gasteiger charge is -2.55. The third-order valence-electron chi connectivity index (χ3n) is 15.3. The molecule has 0 aliphatic heterocycles. The fourth-order valence-electron chi connectivity index (χ4n) is 12.7. The van der Waals surface area contributed by atoms with Gasteiger partial charge in [-0.15, -0.1) is 0 Å². The highest BCUT2D eigenvalue weighted by atomic mass is 15.1. The Hall–Kier alpha value is -8.60. The Labute approximate surface area is 429 Å². The first kappa shape index (κ1) is 45.5. The van der Waals surface area contributed by atoms with Gasteiger partial charge in [0.25, 0.3) is 0 Å². The molecule has 0 amide bonds. The zero-order valence-corrected chi connectivity index (χ0v) is 42.5. The maximum Gasteiger partial charge on any atom is 0.0541 e. The van der Waals surface area contributed by atoms with E-state index in [4.69, 9.17) is 0 Å². The third kappa shape index (κ3) is 7.59. The number of fused-ring (bicyclic) bond motifs is 6. The van der Waals surface area contributed by atoms with Crippen molar-refractivity contribution in [2.75, 3.05) is 9.80 Å². The molecule has 0 aliphatic rings. The summed E-state index contributed by atoms with van der Waals surface area (Å²) >= 11 is 0. The van der Waals surface area contributed by atoms with Crippen LogP contribution in [0.4, 0.5) is 34.1 Å². The van der Waals surface area contributed by atoms with Crippen LogP contribution >= 0.6 is 0 Å². The zero-order chi connectivity index (χ0) is 49.9. The smallest absolute Gasteiger partial charge is 0.0541 e. The molecule has 2 aromatic heterocycles. The number of hydrogen-bond acceptors (Lipinski definition) is 2. The van der Waals surface area contributed by atoms with E-state index in [9.17, 15) is 0 Å². The van der Waals surface area contributed by atoms with E-state index in [0.717, 1.165) is 45.5 Å². The number of rotatable bonds is 10. The van der Waals surface area contributed by atoms with Crippen molar-refractivity contribution in [2.45, 2.75) is 47.0 Å². The Morgan fingerprint density at radius 3 is 0.753 bits per heavy atom. The van der Waals surface area contributed by atoms with E-state index in [-0.39, 0.29) is 16.2 Å². The minimum atomic E-state index is -0.375. The Morgan fingerprint density at radius 1 is 0.247 bits per heavy atom. The van der Waals surface area contributed by atoms with Crippen molar-refractivity contribution in [3.05, 3.63) is 266 Å². The Morgan fingerprint density at radius 2 is 0.479 bits per heavy atom. The van der Waals surface area contributed by atoms with Gasteiger partial charge in [0.05, 0.1) is 22.1 Å². The first-order valence-corrected chi connectivity index (χ1v) is 25.6. The van der Waals surface area contributed by atoms with Crippen LogP contribution in [0.2, 0.25) is 0 Å². The molecule has 12 rings (SSSR count). The maximum absolute atomic E-state index is 2.41. The van der Waals surface area contributed by atoms with Crippen LogP contribution in [0.3, 0.4) is 0 Å². The Bertz CT molecular complexity index is 3520. The number of nitrogens with zero attached hydrogens (tertiary/aromatic N) is 4. The molecule has 0 N–H and O–H groups in total. The van der Waals surface area contributed by atoms with Crippen molar-refractivity contribution in [3.63, 3.8) is 0 Å². The third-order valence-corrected chi connectivity index (χ3v) is 15.3. The maximum atomic E-state index is 2.41. The summed E-state index contributed by atoms with van der Waals surface area (Å²) in [6, 6.07) is 93.2. The summed E-state index contributed by atoms with van der Waals surface area (Å²) in [5.41, 5.74) is 15.6. The molecule has 0 radical (unpaired) electrons. The number of hydrogen-bond donors (Lipinski definition) is 0. The molecule has 4 nitrogen and oxygen atoms in total. The largest absolute Gasteiger partial charge is 0.311 e. The monoisotopic (exact) mass is 944 g/mol. The van der Waals surface area contributed by atoms with E-state index >= 15 is 0 Å². The van der Waals surface area contributed by atoms with Crippen LogP contribution in [0.25, 0.3) is 55.0 Å². The van der Waals surface area contributed by atoms with Crippen LogP contribution in [0, 0.1) is 10.8 Å². The number of anilines is 6. The molecule has 0 atom stereocenters. The van der Waals surface area contributed by atoms with Crippen LogP contribution in [-0.2, 0) is 5.41 Å². The van der Waals surface area contributed by atoms with Gasteiger partial charge >= 0.3 is 0 Å². The first-order chi connectivity index (χ1) is 35.5. The van der Waals surface area contributed by atoms with Gasteiger partial charge in [-0.1, -0.05) is 175 Å². The standard InChI is InChI=1S/C69H60N4/c1-67(2,3)69(68(4,5)6,49-33-37-53(38-34-49)70(51-21-9-7-10-22-51)55-41-45-57(46-42-55)72-63-29-17-13-25-59(63)60-26-14-18-30-64(60)72)50-35-39-54(40-36-50)71(52-23-11-8-12-24-52)56-43-47-58(48-44-56)73-65-31-19-15-27-61(65)62-28-16-20-32-66(62)73/h7-48H,1-6H3. The molecule has 0 fully saturated rings. The molecule has 0 bridgehead atoms. The van der Waals surface area contributed by atoms with E-state index in [2.05, 4.69) is 315 Å². The second kappa shape index (κ2) is 17.9. The topological polar surface area (TPSA) is 16.3 Å². The minimum Gasteiger partial charge on any atom is -0.311 e. The summed E-state index contributed by atoms with van der Waals surface area (Å²) in [4.78, 5) is 4.75. The van der Waals surface area contributed by atoms with E-state index in [0.29, 0.717) is 0 Å². The number of para-hydroxylation sites is 6. The lowest BCUT2D eigenvalue weighted by Crippen LogP contribution is -2.51. The lowest BCUT2D eigenvalue weighted by atomic mass is 9.48. The number of aromatic nitrogens is 2. The number of benzene rings is 10. The summed E-state index contributed by atoms with van der Waals surface area (Å²) in [7, 11) is 0. The van der Waals surface area contributed by atoms with Gasteiger partial charge in [-0.25, -0.2) is 0 Å². The molecule has 10 aromatic carbocycles. The molecule has 0 aliphatic carbocycles. The van der Waals surface area contributed by atoms with Gasteiger partial charge in [-0.2, -0.15) is 0 Å². The normalized spacial score (nSPS) is 12.2. The quantitative estimate of drug-likeness (QED) is 0.136. The van der Waals surface area contributed by atoms with E-state index in [1.165, 1.54) is 54.7 Å². The molecule has 12 aromatic rings. The van der Waals surface area contributed by atoms with Crippen LogP contribution in [0.1, 0.15) is 52.7 Å². The predicted molar refractivity (Wildman–Crippen MR) is 311 cm³/mol. The molecular weight excluding hydrogens is 885 g/mol. The van der Waals surface area contributed by atoms with Crippen molar-refractivity contribution in [1.29, 1.82) is 0 Å². The Kier molecular flexibility index (Phi) is 11.2. The van der Waals surface area contributed by atoms with E-state index in [1.807, 2.05) is 0 Å². The predicted octanol–water partition coefficient (Wildman–Crippen LogP) is 19.2. The zero-order valence-electron chi connectivity index (χ0n) is 42.5. The average molecular weight is 945 g/mol. The fraction of sp³-hybridized carbons (Fsp3) is 0.130. The van der Waals surface area contributed by atoms with Crippen LogP contribution in [0.15, 0.2) is 255 Å². The van der Waals surface area contributed by atoms with Gasteiger partial charge in [0, 0.05) is 72.5 Å². The highest BCUT2D eigenvalue weighted by molar-refractivity contribution is 6.10. The molecule has 2 heterocycles. The molecule has 4 heteroatoms. The summed E-state index contributed by atoms with van der Waals surface area (Å²) in [5, 5.41) is 5.05. The van der Waals surface area contributed by atoms with Gasteiger partial charge in [-0.3, -0.25) is 0 Å². The summed E-state index contributed by atoms with van der Waals surface area (Å²) in [6.45, 7) is 14.4. The minimum absolute atomic E-state index is 0.169. The highest BCUT2D eigenvalue weighted by Gasteiger charge is 2.53. The molecule has 356 valence electrons. The van der Waals surface area contributed by atoms with Gasteiger partial charge in [0.1, 0.15) is 0 Å². The van der Waals surface area contributed by atoms with Gasteiger partial charge < -0.3 is 18.9 Å². The van der Waals surface area contributed by atoms with E-state index in [1.54, 1.807) is 0 Å². The fourth-order valence-corrected chi connectivity index (χ4v) is 12.7. The summed E-state index contributed by atoms with van der Waals surface area (Å²) in [6.07, 6.45) is 0. The van der Waals surface area contributed by atoms with Crippen molar-refractivity contribution < 1.29 is 0 Å². The van der Waals surface area contributed by atoms with Crippen molar-refractivity contribution >= 4 is 77.7 Å².